The molecule has 6 nitrogen and oxygen atoms in total. The highest BCUT2D eigenvalue weighted by molar-refractivity contribution is 5.51. The van der Waals surface area contributed by atoms with Gasteiger partial charge in [0.15, 0.2) is 11.5 Å². The van der Waals surface area contributed by atoms with Crippen molar-refractivity contribution in [2.45, 2.75) is 45.1 Å². The second-order valence-corrected chi connectivity index (χ2v) is 7.58. The number of benzene rings is 1. The van der Waals surface area contributed by atoms with Crippen LogP contribution in [0.5, 0.6) is 11.5 Å². The lowest BCUT2D eigenvalue weighted by molar-refractivity contribution is -0.0768. The highest BCUT2D eigenvalue weighted by Gasteiger charge is 2.41. The maximum atomic E-state index is 6.40. The Morgan fingerprint density at radius 1 is 1.07 bits per heavy atom. The Labute approximate surface area is 166 Å². The standard InChI is InChI=1S/C22H29N3O3/c1-5-20-23-15(2)12-21(24-20)25-9-7-22(8-10-25)17-14-19(27-4)18(26-3)13-16(17)6-11-28-22/h12-14H,5-11H2,1-4H3. The summed E-state index contributed by atoms with van der Waals surface area (Å²) in [6.07, 6.45) is 3.62. The predicted octanol–water partition coefficient (Wildman–Crippen LogP) is 3.43. The van der Waals surface area contributed by atoms with E-state index in [4.69, 9.17) is 19.2 Å². The van der Waals surface area contributed by atoms with Crippen molar-refractivity contribution < 1.29 is 14.2 Å². The minimum atomic E-state index is -0.251. The minimum Gasteiger partial charge on any atom is -0.493 e. The first-order chi connectivity index (χ1) is 13.6. The lowest BCUT2D eigenvalue weighted by atomic mass is 9.79. The van der Waals surface area contributed by atoms with Crippen LogP contribution >= 0.6 is 0 Å². The summed E-state index contributed by atoms with van der Waals surface area (Å²) in [5.74, 6) is 3.50. The van der Waals surface area contributed by atoms with E-state index in [-0.39, 0.29) is 5.60 Å². The van der Waals surface area contributed by atoms with Crippen molar-refractivity contribution in [2.24, 2.45) is 0 Å². The zero-order chi connectivity index (χ0) is 19.7. The number of aromatic nitrogens is 2. The number of hydrogen-bond acceptors (Lipinski definition) is 6. The second-order valence-electron chi connectivity index (χ2n) is 7.58. The van der Waals surface area contributed by atoms with Gasteiger partial charge in [0.2, 0.25) is 0 Å². The van der Waals surface area contributed by atoms with E-state index >= 15 is 0 Å². The molecule has 1 fully saturated rings. The quantitative estimate of drug-likeness (QED) is 0.806. The molecule has 0 radical (unpaired) electrons. The summed E-state index contributed by atoms with van der Waals surface area (Å²) in [7, 11) is 3.37. The number of hydrogen-bond donors (Lipinski definition) is 0. The maximum absolute atomic E-state index is 6.40. The van der Waals surface area contributed by atoms with E-state index in [1.807, 2.05) is 6.92 Å². The summed E-state index contributed by atoms with van der Waals surface area (Å²) in [4.78, 5) is 11.6. The largest absolute Gasteiger partial charge is 0.493 e. The summed E-state index contributed by atoms with van der Waals surface area (Å²) in [6, 6.07) is 6.32. The number of aryl methyl sites for hydroxylation is 2. The van der Waals surface area contributed by atoms with E-state index in [1.54, 1.807) is 14.2 Å². The van der Waals surface area contributed by atoms with E-state index < -0.39 is 0 Å². The molecule has 2 aliphatic heterocycles. The molecule has 1 spiro atoms. The third kappa shape index (κ3) is 3.30. The SMILES string of the molecule is CCc1nc(C)cc(N2CCC3(CC2)OCCc2cc(OC)c(OC)cc23)n1. The number of fused-ring (bicyclic) bond motifs is 2. The Kier molecular flexibility index (Phi) is 5.15. The van der Waals surface area contributed by atoms with E-state index in [1.165, 1.54) is 11.1 Å². The molecule has 0 bridgehead atoms. The Bertz CT molecular complexity index is 860. The molecular weight excluding hydrogens is 354 g/mol. The number of methoxy groups -OCH3 is 2. The Balaban J connectivity index is 1.61. The molecule has 2 aliphatic rings. The summed E-state index contributed by atoms with van der Waals surface area (Å²) in [5.41, 5.74) is 3.34. The Morgan fingerprint density at radius 2 is 1.79 bits per heavy atom. The summed E-state index contributed by atoms with van der Waals surface area (Å²) in [5, 5.41) is 0. The van der Waals surface area contributed by atoms with Crippen LogP contribution in [0.25, 0.3) is 0 Å². The molecule has 0 atom stereocenters. The van der Waals surface area contributed by atoms with Crippen molar-refractivity contribution in [3.63, 3.8) is 0 Å². The lowest BCUT2D eigenvalue weighted by Crippen LogP contribution is -2.47. The normalized spacial score (nSPS) is 18.1. The van der Waals surface area contributed by atoms with Crippen molar-refractivity contribution in [3.05, 3.63) is 40.8 Å². The monoisotopic (exact) mass is 383 g/mol. The molecule has 0 N–H and O–H groups in total. The molecular formula is C22H29N3O3. The van der Waals surface area contributed by atoms with Gasteiger partial charge < -0.3 is 19.1 Å². The third-order valence-electron chi connectivity index (χ3n) is 5.95. The van der Waals surface area contributed by atoms with Crippen LogP contribution < -0.4 is 14.4 Å². The molecule has 4 rings (SSSR count). The number of nitrogens with zero attached hydrogens (tertiary/aromatic N) is 3. The van der Waals surface area contributed by atoms with Crippen LogP contribution in [0, 0.1) is 6.92 Å². The van der Waals surface area contributed by atoms with Gasteiger partial charge >= 0.3 is 0 Å². The topological polar surface area (TPSA) is 56.7 Å². The maximum Gasteiger partial charge on any atom is 0.161 e. The average Bonchev–Trinajstić information content (AvgIpc) is 2.73. The van der Waals surface area contributed by atoms with Crippen LogP contribution in [0.3, 0.4) is 0 Å². The molecule has 3 heterocycles. The highest BCUT2D eigenvalue weighted by Crippen LogP contribution is 2.45. The molecule has 28 heavy (non-hydrogen) atoms. The zero-order valence-electron chi connectivity index (χ0n) is 17.2. The van der Waals surface area contributed by atoms with Gasteiger partial charge in [0.05, 0.1) is 26.4 Å². The van der Waals surface area contributed by atoms with Gasteiger partial charge in [-0.3, -0.25) is 0 Å². The van der Waals surface area contributed by atoms with E-state index in [2.05, 4.69) is 35.0 Å². The van der Waals surface area contributed by atoms with Gasteiger partial charge in [-0.25, -0.2) is 9.97 Å². The lowest BCUT2D eigenvalue weighted by Gasteiger charge is -2.45. The predicted molar refractivity (Wildman–Crippen MR) is 108 cm³/mol. The van der Waals surface area contributed by atoms with E-state index in [9.17, 15) is 0 Å². The van der Waals surface area contributed by atoms with Gasteiger partial charge in [-0.1, -0.05) is 6.92 Å². The Hall–Kier alpha value is -2.34. The number of piperidine rings is 1. The fourth-order valence-electron chi connectivity index (χ4n) is 4.43. The van der Waals surface area contributed by atoms with Gasteiger partial charge in [-0.2, -0.15) is 0 Å². The first-order valence-corrected chi connectivity index (χ1v) is 10.1. The second kappa shape index (κ2) is 7.59. The van der Waals surface area contributed by atoms with Gasteiger partial charge in [-0.05, 0) is 49.4 Å². The van der Waals surface area contributed by atoms with Gasteiger partial charge in [-0.15, -0.1) is 0 Å². The average molecular weight is 383 g/mol. The van der Waals surface area contributed by atoms with Crippen LogP contribution in [0.4, 0.5) is 5.82 Å². The van der Waals surface area contributed by atoms with Gasteiger partial charge in [0.25, 0.3) is 0 Å². The van der Waals surface area contributed by atoms with Crippen LogP contribution in [0.15, 0.2) is 18.2 Å². The summed E-state index contributed by atoms with van der Waals surface area (Å²) < 4.78 is 17.5. The molecule has 6 heteroatoms. The molecule has 1 aromatic carbocycles. The Morgan fingerprint density at radius 3 is 2.46 bits per heavy atom. The minimum absolute atomic E-state index is 0.251. The van der Waals surface area contributed by atoms with Crippen molar-refractivity contribution in [3.8, 4) is 11.5 Å². The van der Waals surface area contributed by atoms with Crippen molar-refractivity contribution in [1.29, 1.82) is 0 Å². The van der Waals surface area contributed by atoms with Crippen molar-refractivity contribution >= 4 is 5.82 Å². The fourth-order valence-corrected chi connectivity index (χ4v) is 4.43. The van der Waals surface area contributed by atoms with Crippen molar-refractivity contribution in [2.75, 3.05) is 38.8 Å². The molecule has 150 valence electrons. The van der Waals surface area contributed by atoms with E-state index in [0.717, 1.165) is 74.2 Å². The molecule has 0 amide bonds. The van der Waals surface area contributed by atoms with Crippen LogP contribution in [-0.4, -0.2) is 43.9 Å². The van der Waals surface area contributed by atoms with Crippen LogP contribution in [0.1, 0.15) is 42.4 Å². The molecule has 1 aromatic heterocycles. The van der Waals surface area contributed by atoms with Crippen LogP contribution in [-0.2, 0) is 23.2 Å². The number of rotatable bonds is 4. The number of ether oxygens (including phenoxy) is 3. The van der Waals surface area contributed by atoms with Gasteiger partial charge in [0, 0.05) is 31.3 Å². The highest BCUT2D eigenvalue weighted by atomic mass is 16.5. The third-order valence-corrected chi connectivity index (χ3v) is 5.95. The first-order valence-electron chi connectivity index (χ1n) is 10.1. The first kappa shape index (κ1) is 19.0. The van der Waals surface area contributed by atoms with E-state index in [0.29, 0.717) is 0 Å². The molecule has 0 unspecified atom stereocenters. The fraction of sp³-hybridized carbons (Fsp3) is 0.545. The smallest absolute Gasteiger partial charge is 0.161 e. The molecule has 1 saturated heterocycles. The molecule has 2 aromatic rings. The zero-order valence-corrected chi connectivity index (χ0v) is 17.2. The molecule has 0 saturated carbocycles. The summed E-state index contributed by atoms with van der Waals surface area (Å²) >= 11 is 0. The molecule has 0 aliphatic carbocycles. The van der Waals surface area contributed by atoms with Gasteiger partial charge in [0.1, 0.15) is 11.6 Å². The van der Waals surface area contributed by atoms with Crippen molar-refractivity contribution in [1.82, 2.24) is 9.97 Å². The number of anilines is 1. The summed E-state index contributed by atoms with van der Waals surface area (Å²) in [6.45, 7) is 6.70. The van der Waals surface area contributed by atoms with Crippen LogP contribution in [0.2, 0.25) is 0 Å².